The second-order valence-electron chi connectivity index (χ2n) is 3.92. The third-order valence-electron chi connectivity index (χ3n) is 2.41. The molecule has 0 aliphatic carbocycles. The SMILES string of the molecule is CCn1cc(N)cc1C(=O)NCCCC(F)(F)F. The van der Waals surface area contributed by atoms with E-state index in [9.17, 15) is 18.0 Å². The number of carbonyl (C=O) groups is 1. The first-order valence-electron chi connectivity index (χ1n) is 5.64. The second-order valence-corrected chi connectivity index (χ2v) is 3.92. The number of nitrogens with one attached hydrogen (secondary N) is 1. The van der Waals surface area contributed by atoms with Crippen molar-refractivity contribution in [2.75, 3.05) is 12.3 Å². The fourth-order valence-corrected chi connectivity index (χ4v) is 1.57. The van der Waals surface area contributed by atoms with Gasteiger partial charge in [-0.05, 0) is 19.4 Å². The number of carbonyl (C=O) groups excluding carboxylic acids is 1. The monoisotopic (exact) mass is 263 g/mol. The normalized spacial score (nSPS) is 11.6. The van der Waals surface area contributed by atoms with Gasteiger partial charge in [-0.25, -0.2) is 0 Å². The minimum Gasteiger partial charge on any atom is -0.397 e. The summed E-state index contributed by atoms with van der Waals surface area (Å²) in [6, 6.07) is 1.50. The standard InChI is InChI=1S/C11H16F3N3O/c1-2-17-7-8(15)6-9(17)10(18)16-5-3-4-11(12,13)14/h6-7H,2-5,15H2,1H3,(H,16,18). The minimum atomic E-state index is -4.18. The highest BCUT2D eigenvalue weighted by atomic mass is 19.4. The lowest BCUT2D eigenvalue weighted by atomic mass is 10.3. The van der Waals surface area contributed by atoms with Gasteiger partial charge in [0.15, 0.2) is 0 Å². The van der Waals surface area contributed by atoms with Crippen LogP contribution in [0.2, 0.25) is 0 Å². The summed E-state index contributed by atoms with van der Waals surface area (Å²) in [5, 5.41) is 2.44. The van der Waals surface area contributed by atoms with Crippen LogP contribution < -0.4 is 11.1 Å². The van der Waals surface area contributed by atoms with E-state index in [2.05, 4.69) is 5.32 Å². The van der Waals surface area contributed by atoms with Crippen LogP contribution >= 0.6 is 0 Å². The first kappa shape index (κ1) is 14.4. The summed E-state index contributed by atoms with van der Waals surface area (Å²) in [5.41, 5.74) is 6.37. The first-order chi connectivity index (χ1) is 8.33. The number of hydrogen-bond donors (Lipinski definition) is 2. The predicted molar refractivity (Wildman–Crippen MR) is 62.1 cm³/mol. The van der Waals surface area contributed by atoms with Crippen molar-refractivity contribution in [3.63, 3.8) is 0 Å². The van der Waals surface area contributed by atoms with Crippen LogP contribution in [-0.4, -0.2) is 23.2 Å². The molecule has 7 heteroatoms. The van der Waals surface area contributed by atoms with E-state index in [1.165, 1.54) is 6.07 Å². The van der Waals surface area contributed by atoms with Gasteiger partial charge in [-0.1, -0.05) is 0 Å². The maximum absolute atomic E-state index is 11.9. The molecule has 1 heterocycles. The van der Waals surface area contributed by atoms with Crippen molar-refractivity contribution >= 4 is 11.6 Å². The molecule has 0 spiro atoms. The van der Waals surface area contributed by atoms with Crippen molar-refractivity contribution in [2.45, 2.75) is 32.5 Å². The summed E-state index contributed by atoms with van der Waals surface area (Å²) in [6.07, 6.45) is -3.59. The lowest BCUT2D eigenvalue weighted by Crippen LogP contribution is -2.27. The fourth-order valence-electron chi connectivity index (χ4n) is 1.57. The minimum absolute atomic E-state index is 0.00680. The Kier molecular flexibility index (Phi) is 4.63. The Bertz CT molecular complexity index is 412. The van der Waals surface area contributed by atoms with Gasteiger partial charge >= 0.3 is 6.18 Å². The summed E-state index contributed by atoms with van der Waals surface area (Å²) >= 11 is 0. The van der Waals surface area contributed by atoms with Gasteiger partial charge in [0.1, 0.15) is 5.69 Å². The Morgan fingerprint density at radius 1 is 1.50 bits per heavy atom. The van der Waals surface area contributed by atoms with Crippen molar-refractivity contribution < 1.29 is 18.0 Å². The number of anilines is 1. The summed E-state index contributed by atoms with van der Waals surface area (Å²) in [5.74, 6) is -0.407. The highest BCUT2D eigenvalue weighted by Gasteiger charge is 2.26. The van der Waals surface area contributed by atoms with Crippen LogP contribution in [0.1, 0.15) is 30.3 Å². The van der Waals surface area contributed by atoms with Crippen LogP contribution in [0, 0.1) is 0 Å². The number of hydrogen-bond acceptors (Lipinski definition) is 2. The summed E-state index contributed by atoms with van der Waals surface area (Å²) < 4.78 is 37.3. The fraction of sp³-hybridized carbons (Fsp3) is 0.545. The number of aryl methyl sites for hydroxylation is 1. The molecule has 3 N–H and O–H groups in total. The quantitative estimate of drug-likeness (QED) is 0.800. The van der Waals surface area contributed by atoms with Crippen molar-refractivity contribution in [3.8, 4) is 0 Å². The Hall–Kier alpha value is -1.66. The maximum atomic E-state index is 11.9. The molecule has 18 heavy (non-hydrogen) atoms. The Morgan fingerprint density at radius 3 is 2.72 bits per heavy atom. The zero-order valence-electron chi connectivity index (χ0n) is 10.0. The topological polar surface area (TPSA) is 60.0 Å². The predicted octanol–water partition coefficient (Wildman–Crippen LogP) is 2.16. The van der Waals surface area contributed by atoms with Gasteiger partial charge < -0.3 is 15.6 Å². The molecular weight excluding hydrogens is 247 g/mol. The second kappa shape index (κ2) is 5.79. The van der Waals surface area contributed by atoms with Gasteiger partial charge in [-0.2, -0.15) is 13.2 Å². The number of nitrogens with two attached hydrogens (primary N) is 1. The number of halogens is 3. The summed E-state index contributed by atoms with van der Waals surface area (Å²) in [7, 11) is 0. The average Bonchev–Trinajstić information content (AvgIpc) is 2.64. The number of nitrogen functional groups attached to an aromatic ring is 1. The van der Waals surface area contributed by atoms with E-state index in [0.717, 1.165) is 0 Å². The molecule has 0 unspecified atom stereocenters. The molecule has 0 aliphatic rings. The van der Waals surface area contributed by atoms with Gasteiger partial charge in [0, 0.05) is 25.7 Å². The van der Waals surface area contributed by atoms with E-state index in [4.69, 9.17) is 5.73 Å². The Balaban J connectivity index is 2.45. The molecule has 0 atom stereocenters. The first-order valence-corrected chi connectivity index (χ1v) is 5.64. The lowest BCUT2D eigenvalue weighted by molar-refractivity contribution is -0.135. The molecule has 0 fully saturated rings. The molecule has 0 radical (unpaired) electrons. The molecule has 0 aromatic carbocycles. The zero-order chi connectivity index (χ0) is 13.8. The Labute approximate surface area is 103 Å². The van der Waals surface area contributed by atoms with Crippen molar-refractivity contribution in [3.05, 3.63) is 18.0 Å². The van der Waals surface area contributed by atoms with Crippen LogP contribution in [0.3, 0.4) is 0 Å². The van der Waals surface area contributed by atoms with E-state index >= 15 is 0 Å². The third-order valence-corrected chi connectivity index (χ3v) is 2.41. The van der Waals surface area contributed by atoms with Crippen LogP contribution in [-0.2, 0) is 6.54 Å². The van der Waals surface area contributed by atoms with Crippen molar-refractivity contribution in [1.29, 1.82) is 0 Å². The van der Waals surface area contributed by atoms with Gasteiger partial charge in [-0.15, -0.1) is 0 Å². The smallest absolute Gasteiger partial charge is 0.389 e. The molecule has 0 saturated carbocycles. The number of nitrogens with zero attached hydrogens (tertiary/aromatic N) is 1. The van der Waals surface area contributed by atoms with Crippen LogP contribution in [0.25, 0.3) is 0 Å². The number of alkyl halides is 3. The molecule has 1 amide bonds. The van der Waals surface area contributed by atoms with Gasteiger partial charge in [-0.3, -0.25) is 4.79 Å². The third kappa shape index (κ3) is 4.31. The van der Waals surface area contributed by atoms with E-state index in [0.29, 0.717) is 17.9 Å². The van der Waals surface area contributed by atoms with E-state index < -0.39 is 18.5 Å². The van der Waals surface area contributed by atoms with Crippen LogP contribution in [0.15, 0.2) is 12.3 Å². The zero-order valence-corrected chi connectivity index (χ0v) is 10.0. The molecule has 1 aromatic heterocycles. The number of rotatable bonds is 5. The van der Waals surface area contributed by atoms with Crippen LogP contribution in [0.5, 0.6) is 0 Å². The van der Waals surface area contributed by atoms with E-state index in [1.54, 1.807) is 10.8 Å². The molecule has 0 bridgehead atoms. The molecular formula is C11H16F3N3O. The molecule has 102 valence electrons. The van der Waals surface area contributed by atoms with Crippen molar-refractivity contribution in [1.82, 2.24) is 9.88 Å². The maximum Gasteiger partial charge on any atom is 0.389 e. The molecule has 0 saturated heterocycles. The lowest BCUT2D eigenvalue weighted by Gasteiger charge is -2.08. The molecule has 4 nitrogen and oxygen atoms in total. The van der Waals surface area contributed by atoms with Crippen molar-refractivity contribution in [2.24, 2.45) is 0 Å². The number of aromatic nitrogens is 1. The van der Waals surface area contributed by atoms with Gasteiger partial charge in [0.05, 0.1) is 5.69 Å². The Morgan fingerprint density at radius 2 is 2.17 bits per heavy atom. The van der Waals surface area contributed by atoms with E-state index in [-0.39, 0.29) is 13.0 Å². The number of amides is 1. The molecule has 0 aliphatic heterocycles. The highest BCUT2D eigenvalue weighted by Crippen LogP contribution is 2.20. The van der Waals surface area contributed by atoms with Gasteiger partial charge in [0.2, 0.25) is 0 Å². The molecule has 1 rings (SSSR count). The van der Waals surface area contributed by atoms with Crippen LogP contribution in [0.4, 0.5) is 18.9 Å². The molecule has 1 aromatic rings. The van der Waals surface area contributed by atoms with Gasteiger partial charge in [0.25, 0.3) is 5.91 Å². The van der Waals surface area contributed by atoms with E-state index in [1.807, 2.05) is 6.92 Å². The summed E-state index contributed by atoms with van der Waals surface area (Å²) in [6.45, 7) is 2.41. The average molecular weight is 263 g/mol. The highest BCUT2D eigenvalue weighted by molar-refractivity contribution is 5.93. The largest absolute Gasteiger partial charge is 0.397 e. The summed E-state index contributed by atoms with van der Waals surface area (Å²) in [4.78, 5) is 11.7.